The van der Waals surface area contributed by atoms with Gasteiger partial charge in [0, 0.05) is 23.1 Å². The summed E-state index contributed by atoms with van der Waals surface area (Å²) in [4.78, 5) is 18.3. The van der Waals surface area contributed by atoms with Gasteiger partial charge >= 0.3 is 0 Å². The van der Waals surface area contributed by atoms with Crippen molar-refractivity contribution in [1.29, 1.82) is 5.26 Å². The Labute approximate surface area is 156 Å². The first-order valence-electron chi connectivity index (χ1n) is 8.05. The number of nitriles is 1. The first-order chi connectivity index (χ1) is 12.0. The molecular formula is C17H17Cl2N5O. The molecule has 0 aliphatic carbocycles. The molecule has 1 atom stereocenters. The predicted octanol–water partition coefficient (Wildman–Crippen LogP) is 3.42. The number of likely N-dealkylation sites (tertiary alicyclic amines) is 1. The second-order valence-corrected chi connectivity index (χ2v) is 6.89. The number of carbonyl (C=O) groups excluding carboxylic acids is 1. The minimum absolute atomic E-state index is 0.0295. The molecule has 3 rings (SSSR count). The third-order valence-corrected chi connectivity index (χ3v) is 5.24. The van der Waals surface area contributed by atoms with Gasteiger partial charge in [0.1, 0.15) is 18.4 Å². The number of hydrogen-bond donors (Lipinski definition) is 0. The summed E-state index contributed by atoms with van der Waals surface area (Å²) in [5.74, 6) is 0.280. The second-order valence-electron chi connectivity index (χ2n) is 6.07. The first-order valence-corrected chi connectivity index (χ1v) is 8.80. The number of aromatic nitrogens is 3. The monoisotopic (exact) mass is 377 g/mol. The lowest BCUT2D eigenvalue weighted by molar-refractivity contribution is -0.135. The number of rotatable bonds is 3. The molecule has 130 valence electrons. The number of amides is 1. The Morgan fingerprint density at radius 3 is 2.52 bits per heavy atom. The van der Waals surface area contributed by atoms with E-state index in [4.69, 9.17) is 28.5 Å². The highest BCUT2D eigenvalue weighted by atomic mass is 35.5. The summed E-state index contributed by atoms with van der Waals surface area (Å²) in [5, 5.41) is 14.1. The molecule has 0 spiro atoms. The van der Waals surface area contributed by atoms with Crippen molar-refractivity contribution in [3.8, 4) is 6.07 Å². The van der Waals surface area contributed by atoms with Crippen molar-refractivity contribution >= 4 is 29.1 Å². The fraction of sp³-hybridized carbons (Fsp3) is 0.412. The lowest BCUT2D eigenvalue weighted by Gasteiger charge is -2.34. The molecule has 8 heteroatoms. The zero-order chi connectivity index (χ0) is 18.0. The van der Waals surface area contributed by atoms with Crippen LogP contribution in [0, 0.1) is 11.3 Å². The van der Waals surface area contributed by atoms with Crippen LogP contribution in [0.1, 0.15) is 43.1 Å². The van der Waals surface area contributed by atoms with Crippen LogP contribution in [0.3, 0.4) is 0 Å². The van der Waals surface area contributed by atoms with Gasteiger partial charge in [-0.2, -0.15) is 5.26 Å². The van der Waals surface area contributed by atoms with Gasteiger partial charge in [-0.15, -0.1) is 5.10 Å². The van der Waals surface area contributed by atoms with Crippen LogP contribution in [-0.2, 0) is 4.79 Å². The van der Waals surface area contributed by atoms with Crippen molar-refractivity contribution in [2.75, 3.05) is 13.1 Å². The summed E-state index contributed by atoms with van der Waals surface area (Å²) in [6.45, 7) is 3.03. The molecule has 1 unspecified atom stereocenters. The summed E-state index contributed by atoms with van der Waals surface area (Å²) >= 11 is 12.6. The van der Waals surface area contributed by atoms with Gasteiger partial charge in [0.2, 0.25) is 5.91 Å². The SMILES string of the molecule is CC(C(=O)N1CCC(c2c(Cl)cccc2Cl)CC1)n1cnc(C#N)n1. The second kappa shape index (κ2) is 7.42. The third kappa shape index (κ3) is 3.63. The quantitative estimate of drug-likeness (QED) is 0.820. The van der Waals surface area contributed by atoms with Crippen molar-refractivity contribution in [2.24, 2.45) is 0 Å². The van der Waals surface area contributed by atoms with Gasteiger partial charge < -0.3 is 4.90 Å². The molecule has 1 saturated heterocycles. The number of hydrogen-bond acceptors (Lipinski definition) is 4. The number of carbonyl (C=O) groups is 1. The Morgan fingerprint density at radius 2 is 1.96 bits per heavy atom. The minimum atomic E-state index is -0.491. The molecule has 2 aromatic rings. The van der Waals surface area contributed by atoms with Crippen LogP contribution >= 0.6 is 23.2 Å². The summed E-state index contributed by atoms with van der Waals surface area (Å²) in [5.41, 5.74) is 0.973. The Balaban J connectivity index is 1.66. The molecule has 1 aliphatic rings. The van der Waals surface area contributed by atoms with Crippen LogP contribution in [0.15, 0.2) is 24.5 Å². The van der Waals surface area contributed by atoms with E-state index >= 15 is 0 Å². The van der Waals surface area contributed by atoms with Crippen LogP contribution in [0.4, 0.5) is 0 Å². The average Bonchev–Trinajstić information content (AvgIpc) is 3.10. The summed E-state index contributed by atoms with van der Waals surface area (Å²) < 4.78 is 1.43. The topological polar surface area (TPSA) is 74.8 Å². The standard InChI is InChI=1S/C17H17Cl2N5O/c1-11(24-10-21-15(9-20)22-24)17(25)23-7-5-12(6-8-23)16-13(18)3-2-4-14(16)19/h2-4,10-12H,5-8H2,1H3. The molecule has 1 aromatic heterocycles. The molecular weight excluding hydrogens is 361 g/mol. The largest absolute Gasteiger partial charge is 0.341 e. The fourth-order valence-electron chi connectivity index (χ4n) is 3.18. The molecule has 1 fully saturated rings. The Bertz CT molecular complexity index is 800. The maximum Gasteiger partial charge on any atom is 0.252 e. The van der Waals surface area contributed by atoms with E-state index in [0.29, 0.717) is 23.1 Å². The molecule has 0 bridgehead atoms. The molecule has 6 nitrogen and oxygen atoms in total. The maximum absolute atomic E-state index is 12.7. The van der Waals surface area contributed by atoms with Crippen molar-refractivity contribution in [2.45, 2.75) is 31.7 Å². The highest BCUT2D eigenvalue weighted by molar-refractivity contribution is 6.36. The molecule has 2 heterocycles. The number of nitrogens with zero attached hydrogens (tertiary/aromatic N) is 5. The summed E-state index contributed by atoms with van der Waals surface area (Å²) in [7, 11) is 0. The Kier molecular flexibility index (Phi) is 5.26. The molecule has 1 aliphatic heterocycles. The number of piperidine rings is 1. The van der Waals surface area contributed by atoms with Crippen molar-refractivity contribution in [3.05, 3.63) is 46.0 Å². The van der Waals surface area contributed by atoms with Gasteiger partial charge in [-0.3, -0.25) is 4.79 Å². The van der Waals surface area contributed by atoms with Crippen LogP contribution in [0.25, 0.3) is 0 Å². The fourth-order valence-corrected chi connectivity index (χ4v) is 3.89. The summed E-state index contributed by atoms with van der Waals surface area (Å²) in [6, 6.07) is 6.90. The third-order valence-electron chi connectivity index (χ3n) is 4.58. The molecule has 1 amide bonds. The molecule has 0 radical (unpaired) electrons. The van der Waals surface area contributed by atoms with Gasteiger partial charge in [-0.05, 0) is 43.4 Å². The highest BCUT2D eigenvalue weighted by Crippen LogP contribution is 2.37. The maximum atomic E-state index is 12.7. The van der Waals surface area contributed by atoms with Crippen LogP contribution in [0.5, 0.6) is 0 Å². The molecule has 25 heavy (non-hydrogen) atoms. The van der Waals surface area contributed by atoms with E-state index < -0.39 is 6.04 Å². The van der Waals surface area contributed by atoms with Gasteiger partial charge in [0.15, 0.2) is 0 Å². The minimum Gasteiger partial charge on any atom is -0.341 e. The van der Waals surface area contributed by atoms with Gasteiger partial charge in [-0.1, -0.05) is 29.3 Å². The number of halogens is 2. The average molecular weight is 378 g/mol. The van der Waals surface area contributed by atoms with E-state index in [1.54, 1.807) is 6.92 Å². The van der Waals surface area contributed by atoms with E-state index in [2.05, 4.69) is 10.1 Å². The van der Waals surface area contributed by atoms with Gasteiger partial charge in [0.05, 0.1) is 0 Å². The van der Waals surface area contributed by atoms with Crippen molar-refractivity contribution < 1.29 is 4.79 Å². The molecule has 0 saturated carbocycles. The molecule has 1 aromatic carbocycles. The van der Waals surface area contributed by atoms with Gasteiger partial charge in [-0.25, -0.2) is 9.67 Å². The smallest absolute Gasteiger partial charge is 0.252 e. The van der Waals surface area contributed by atoms with E-state index in [1.165, 1.54) is 11.0 Å². The van der Waals surface area contributed by atoms with Crippen molar-refractivity contribution in [1.82, 2.24) is 19.7 Å². The van der Waals surface area contributed by atoms with Crippen LogP contribution in [-0.4, -0.2) is 38.7 Å². The highest BCUT2D eigenvalue weighted by Gasteiger charge is 2.29. The van der Waals surface area contributed by atoms with E-state index in [-0.39, 0.29) is 17.6 Å². The van der Waals surface area contributed by atoms with E-state index in [0.717, 1.165) is 18.4 Å². The van der Waals surface area contributed by atoms with E-state index in [9.17, 15) is 4.79 Å². The van der Waals surface area contributed by atoms with Crippen LogP contribution in [0.2, 0.25) is 10.0 Å². The normalized spacial score (nSPS) is 16.5. The zero-order valence-electron chi connectivity index (χ0n) is 13.7. The Hall–Kier alpha value is -2.10. The lowest BCUT2D eigenvalue weighted by atomic mass is 9.89. The Morgan fingerprint density at radius 1 is 1.32 bits per heavy atom. The summed E-state index contributed by atoms with van der Waals surface area (Å²) in [6.07, 6.45) is 3.03. The van der Waals surface area contributed by atoms with E-state index in [1.807, 2.05) is 29.2 Å². The van der Waals surface area contributed by atoms with Gasteiger partial charge in [0.25, 0.3) is 5.82 Å². The molecule has 0 N–H and O–H groups in total. The van der Waals surface area contributed by atoms with Crippen molar-refractivity contribution in [3.63, 3.8) is 0 Å². The number of benzene rings is 1. The van der Waals surface area contributed by atoms with Crippen LogP contribution < -0.4 is 0 Å². The predicted molar refractivity (Wildman–Crippen MR) is 94.5 cm³/mol. The lowest BCUT2D eigenvalue weighted by Crippen LogP contribution is -2.41. The first kappa shape index (κ1) is 17.7. The zero-order valence-corrected chi connectivity index (χ0v) is 15.2.